The standard InChI is InChI=1S/C42H61FN6O5Si2/c1-42(2,3)54-41(50)48-32-13-14-33(48)22-31(21-32)37-24-39(47(27-52-17-19-55(5,6)7)28-53-18-20-56(8,9)10)49-40(46-37)34(26-45-49)30-11-15-36(44-25-30)29-12-16-38(51-4)35(43)23-29/h11-12,15-16,23-26,31-33H,13-14,17-22,27-28H2,1-10H3/t31?,32-,33+. The van der Waals surface area contributed by atoms with Gasteiger partial charge in [0, 0.05) is 82.0 Å². The van der Waals surface area contributed by atoms with E-state index in [9.17, 15) is 9.18 Å². The molecule has 6 rings (SSSR count). The first-order valence-electron chi connectivity index (χ1n) is 20.0. The van der Waals surface area contributed by atoms with Gasteiger partial charge in [0.05, 0.1) is 19.0 Å². The Morgan fingerprint density at radius 3 is 2.05 bits per heavy atom. The molecule has 0 aliphatic carbocycles. The quantitative estimate of drug-likeness (QED) is 0.0660. The summed E-state index contributed by atoms with van der Waals surface area (Å²) in [4.78, 5) is 27.6. The van der Waals surface area contributed by atoms with Crippen LogP contribution in [-0.2, 0) is 14.2 Å². The van der Waals surface area contributed by atoms with Gasteiger partial charge in [0.2, 0.25) is 0 Å². The van der Waals surface area contributed by atoms with Gasteiger partial charge in [-0.05, 0) is 82.8 Å². The molecule has 2 fully saturated rings. The normalized spacial score (nSPS) is 18.8. The van der Waals surface area contributed by atoms with E-state index in [-0.39, 0.29) is 29.8 Å². The molecule has 56 heavy (non-hydrogen) atoms. The minimum Gasteiger partial charge on any atom is -0.494 e. The first-order valence-corrected chi connectivity index (χ1v) is 27.4. The van der Waals surface area contributed by atoms with Gasteiger partial charge in [-0.25, -0.2) is 14.2 Å². The highest BCUT2D eigenvalue weighted by atomic mass is 28.3. The third kappa shape index (κ3) is 10.4. The Kier molecular flexibility index (Phi) is 12.6. The van der Waals surface area contributed by atoms with Gasteiger partial charge in [-0.3, -0.25) is 4.98 Å². The van der Waals surface area contributed by atoms with Crippen molar-refractivity contribution in [1.29, 1.82) is 0 Å². The topological polar surface area (TPSA) is 104 Å². The number of piperidine rings is 1. The highest BCUT2D eigenvalue weighted by molar-refractivity contribution is 6.76. The molecule has 2 aliphatic heterocycles. The number of rotatable bonds is 15. The molecule has 1 amide bonds. The third-order valence-corrected chi connectivity index (χ3v) is 14.0. The van der Waals surface area contributed by atoms with E-state index in [2.05, 4.69) is 50.2 Å². The van der Waals surface area contributed by atoms with Crippen LogP contribution < -0.4 is 9.64 Å². The number of carbonyl (C=O) groups excluding carboxylic acids is 1. The Balaban J connectivity index is 1.37. The molecule has 5 heterocycles. The fourth-order valence-electron chi connectivity index (χ4n) is 7.46. The average Bonchev–Trinajstić information content (AvgIpc) is 3.66. The number of pyridine rings is 1. The molecule has 1 unspecified atom stereocenters. The number of nitrogens with zero attached hydrogens (tertiary/aromatic N) is 6. The summed E-state index contributed by atoms with van der Waals surface area (Å²) in [7, 11) is -1.15. The fraction of sp³-hybridized carbons (Fsp3) is 0.571. The van der Waals surface area contributed by atoms with Crippen LogP contribution in [-0.4, -0.2) is 98.2 Å². The summed E-state index contributed by atoms with van der Waals surface area (Å²) in [5.41, 5.74) is 4.09. The van der Waals surface area contributed by atoms with Gasteiger partial charge in [0.15, 0.2) is 17.2 Å². The van der Waals surface area contributed by atoms with Gasteiger partial charge in [-0.15, -0.1) is 0 Å². The molecule has 304 valence electrons. The van der Waals surface area contributed by atoms with Crippen LogP contribution in [0.4, 0.5) is 15.0 Å². The Morgan fingerprint density at radius 2 is 1.52 bits per heavy atom. The lowest BCUT2D eigenvalue weighted by molar-refractivity contribution is 0.00568. The van der Waals surface area contributed by atoms with Crippen LogP contribution in [0.15, 0.2) is 48.8 Å². The molecular formula is C42H61FN6O5Si2. The summed E-state index contributed by atoms with van der Waals surface area (Å²) in [5, 5.41) is 4.91. The van der Waals surface area contributed by atoms with Crippen molar-refractivity contribution in [2.75, 3.05) is 38.7 Å². The molecule has 3 aromatic heterocycles. The van der Waals surface area contributed by atoms with Gasteiger partial charge < -0.3 is 28.7 Å². The van der Waals surface area contributed by atoms with Crippen molar-refractivity contribution in [2.45, 2.75) is 121 Å². The number of halogens is 1. The Labute approximate surface area is 333 Å². The molecule has 4 aromatic rings. The molecule has 0 N–H and O–H groups in total. The molecule has 0 radical (unpaired) electrons. The highest BCUT2D eigenvalue weighted by Gasteiger charge is 2.45. The van der Waals surface area contributed by atoms with E-state index in [0.717, 1.165) is 60.4 Å². The largest absolute Gasteiger partial charge is 0.494 e. The molecule has 2 saturated heterocycles. The number of fused-ring (bicyclic) bond motifs is 3. The molecule has 3 atom stereocenters. The van der Waals surface area contributed by atoms with Crippen LogP contribution >= 0.6 is 0 Å². The molecule has 1 aromatic carbocycles. The van der Waals surface area contributed by atoms with Crippen molar-refractivity contribution in [3.05, 3.63) is 60.3 Å². The molecule has 0 spiro atoms. The summed E-state index contributed by atoms with van der Waals surface area (Å²) in [5.74, 6) is 0.726. The number of anilines is 1. The summed E-state index contributed by atoms with van der Waals surface area (Å²) >= 11 is 0. The molecule has 2 aliphatic rings. The second-order valence-corrected chi connectivity index (χ2v) is 30.0. The van der Waals surface area contributed by atoms with Gasteiger partial charge >= 0.3 is 6.09 Å². The second-order valence-electron chi connectivity index (χ2n) is 18.8. The molecule has 2 bridgehead atoms. The van der Waals surface area contributed by atoms with Crippen LogP contribution in [0.5, 0.6) is 5.75 Å². The maximum atomic E-state index is 14.6. The number of amides is 1. The van der Waals surface area contributed by atoms with Gasteiger partial charge in [0.1, 0.15) is 24.9 Å². The molecule has 14 heteroatoms. The van der Waals surface area contributed by atoms with Crippen molar-refractivity contribution in [3.63, 3.8) is 0 Å². The summed E-state index contributed by atoms with van der Waals surface area (Å²) < 4.78 is 40.2. The number of benzene rings is 1. The van der Waals surface area contributed by atoms with Crippen LogP contribution in [0, 0.1) is 5.82 Å². The van der Waals surface area contributed by atoms with E-state index in [1.54, 1.807) is 18.3 Å². The number of hydrogen-bond acceptors (Lipinski definition) is 9. The number of aromatic nitrogens is 4. The first-order chi connectivity index (χ1) is 26.4. The predicted molar refractivity (Wildman–Crippen MR) is 225 cm³/mol. The monoisotopic (exact) mass is 804 g/mol. The van der Waals surface area contributed by atoms with Crippen LogP contribution in [0.2, 0.25) is 51.4 Å². The van der Waals surface area contributed by atoms with Crippen molar-refractivity contribution in [2.24, 2.45) is 0 Å². The third-order valence-electron chi connectivity index (χ3n) is 10.6. The second kappa shape index (κ2) is 16.9. The first kappa shape index (κ1) is 41.8. The molecular weight excluding hydrogens is 744 g/mol. The number of ether oxygens (including phenoxy) is 4. The zero-order valence-corrected chi connectivity index (χ0v) is 37.0. The summed E-state index contributed by atoms with van der Waals surface area (Å²) in [6, 6.07) is 13.2. The minimum absolute atomic E-state index is 0.0879. The predicted octanol–water partition coefficient (Wildman–Crippen LogP) is 9.68. The number of methoxy groups -OCH3 is 1. The van der Waals surface area contributed by atoms with E-state index in [1.165, 1.54) is 13.2 Å². The lowest BCUT2D eigenvalue weighted by atomic mass is 9.88. The summed E-state index contributed by atoms with van der Waals surface area (Å²) in [6.07, 6.45) is 6.91. The fourth-order valence-corrected chi connectivity index (χ4v) is 8.97. The van der Waals surface area contributed by atoms with E-state index >= 15 is 0 Å². The van der Waals surface area contributed by atoms with Crippen LogP contribution in [0.25, 0.3) is 28.0 Å². The van der Waals surface area contributed by atoms with E-state index < -0.39 is 27.6 Å². The van der Waals surface area contributed by atoms with Gasteiger partial charge in [0.25, 0.3) is 0 Å². The SMILES string of the molecule is COc1ccc(-c2ccc(-c3cnn4c(N(COCC[Si](C)(C)C)COCC[Si](C)(C)C)cc(C5C[C@H]6CC[C@@H](C5)N6C(=O)OC(C)(C)C)nc34)cn2)cc1F. The van der Waals surface area contributed by atoms with Gasteiger partial charge in [-0.1, -0.05) is 45.3 Å². The Bertz CT molecular complexity index is 1940. The number of hydrogen-bond donors (Lipinski definition) is 0. The van der Waals surface area contributed by atoms with Crippen LogP contribution in [0.1, 0.15) is 58.1 Å². The minimum atomic E-state index is -1.30. The lowest BCUT2D eigenvalue weighted by Crippen LogP contribution is -2.48. The Morgan fingerprint density at radius 1 is 0.893 bits per heavy atom. The van der Waals surface area contributed by atoms with Crippen LogP contribution in [0.3, 0.4) is 0 Å². The van der Waals surface area contributed by atoms with Crippen molar-refractivity contribution in [3.8, 4) is 28.1 Å². The van der Waals surface area contributed by atoms with E-state index in [0.29, 0.717) is 43.6 Å². The van der Waals surface area contributed by atoms with Crippen molar-refractivity contribution in [1.82, 2.24) is 24.5 Å². The average molecular weight is 805 g/mol. The van der Waals surface area contributed by atoms with E-state index in [1.807, 2.05) is 48.5 Å². The zero-order chi connectivity index (χ0) is 40.4. The number of carbonyl (C=O) groups is 1. The van der Waals surface area contributed by atoms with Gasteiger partial charge in [-0.2, -0.15) is 9.61 Å². The van der Waals surface area contributed by atoms with Crippen molar-refractivity contribution >= 4 is 33.7 Å². The summed E-state index contributed by atoms with van der Waals surface area (Å²) in [6.45, 7) is 21.9. The zero-order valence-electron chi connectivity index (χ0n) is 35.0. The highest BCUT2D eigenvalue weighted by Crippen LogP contribution is 2.44. The maximum Gasteiger partial charge on any atom is 0.410 e. The molecule has 11 nitrogen and oxygen atoms in total. The smallest absolute Gasteiger partial charge is 0.410 e. The maximum absolute atomic E-state index is 14.6. The van der Waals surface area contributed by atoms with Crippen molar-refractivity contribution < 1.29 is 28.1 Å². The van der Waals surface area contributed by atoms with E-state index in [4.69, 9.17) is 34.0 Å². The Hall–Kier alpha value is -3.86. The lowest BCUT2D eigenvalue weighted by Gasteiger charge is -2.39. The molecule has 0 saturated carbocycles.